The minimum Gasteiger partial charge on any atom is -0.494 e. The molecule has 3 N–H and O–H groups in total. The van der Waals surface area contributed by atoms with E-state index >= 15 is 0 Å². The third kappa shape index (κ3) is 7.28. The first-order valence-electron chi connectivity index (χ1n) is 16.2. The number of carbonyl (C=O) groups excluding carboxylic acids is 1. The number of hydrogen-bond acceptors (Lipinski definition) is 7. The highest BCUT2D eigenvalue weighted by atomic mass is 16.5. The number of ketones is 1. The van der Waals surface area contributed by atoms with Crippen LogP contribution < -0.4 is 20.3 Å². The van der Waals surface area contributed by atoms with Gasteiger partial charge < -0.3 is 25.3 Å². The van der Waals surface area contributed by atoms with E-state index in [0.717, 1.165) is 72.3 Å². The molecule has 0 bridgehead atoms. The SMILES string of the molecule is CCOc1ccc(C(=O)CC(CNC[C@H]2CC[C@@H](Nc3nc(N(C)C)c4ccccc4n3)CC2)c2c[nH]c3ccccc23)cc1. The number of Topliss-reactive ketones (excluding diaryl/α,β-unsaturated/α-hetero) is 1. The first-order chi connectivity index (χ1) is 22.0. The van der Waals surface area contributed by atoms with Crippen molar-refractivity contribution in [1.29, 1.82) is 0 Å². The quantitative estimate of drug-likeness (QED) is 0.122. The minimum absolute atomic E-state index is 0.0640. The van der Waals surface area contributed by atoms with E-state index in [1.54, 1.807) is 0 Å². The van der Waals surface area contributed by atoms with E-state index in [-0.39, 0.29) is 11.7 Å². The molecule has 3 aromatic carbocycles. The molecule has 0 saturated heterocycles. The molecule has 45 heavy (non-hydrogen) atoms. The number of H-pyrrole nitrogens is 1. The van der Waals surface area contributed by atoms with Crippen molar-refractivity contribution in [1.82, 2.24) is 20.3 Å². The normalized spacial score (nSPS) is 17.3. The number of fused-ring (bicyclic) bond motifs is 2. The molecule has 6 rings (SSSR count). The van der Waals surface area contributed by atoms with Crippen LogP contribution >= 0.6 is 0 Å². The molecule has 0 amide bonds. The molecule has 2 aromatic heterocycles. The Labute approximate surface area is 265 Å². The molecule has 0 spiro atoms. The number of nitrogens with zero attached hydrogens (tertiary/aromatic N) is 3. The zero-order chi connectivity index (χ0) is 31.2. The van der Waals surface area contributed by atoms with Crippen LogP contribution in [0.1, 0.15) is 60.9 Å². The molecule has 234 valence electrons. The van der Waals surface area contributed by atoms with Crippen LogP contribution in [0.4, 0.5) is 11.8 Å². The summed E-state index contributed by atoms with van der Waals surface area (Å²) in [6.07, 6.45) is 6.98. The van der Waals surface area contributed by atoms with Gasteiger partial charge in [-0.3, -0.25) is 4.79 Å². The van der Waals surface area contributed by atoms with Crippen LogP contribution in [0.25, 0.3) is 21.8 Å². The molecule has 1 unspecified atom stereocenters. The van der Waals surface area contributed by atoms with Gasteiger partial charge in [-0.1, -0.05) is 30.3 Å². The lowest BCUT2D eigenvalue weighted by molar-refractivity contribution is 0.0973. The predicted molar refractivity (Wildman–Crippen MR) is 184 cm³/mol. The van der Waals surface area contributed by atoms with Crippen molar-refractivity contribution in [2.24, 2.45) is 5.92 Å². The summed E-state index contributed by atoms with van der Waals surface area (Å²) in [5.74, 6) is 3.24. The second kappa shape index (κ2) is 14.1. The smallest absolute Gasteiger partial charge is 0.225 e. The highest BCUT2D eigenvalue weighted by molar-refractivity contribution is 5.97. The summed E-state index contributed by atoms with van der Waals surface area (Å²) in [6, 6.07) is 24.4. The van der Waals surface area contributed by atoms with Crippen molar-refractivity contribution in [3.05, 3.63) is 90.1 Å². The summed E-state index contributed by atoms with van der Waals surface area (Å²) in [5.41, 5.74) is 3.98. The molecule has 2 heterocycles. The predicted octanol–water partition coefficient (Wildman–Crippen LogP) is 7.19. The Kier molecular flexibility index (Phi) is 9.60. The number of benzene rings is 3. The first-order valence-corrected chi connectivity index (χ1v) is 16.2. The van der Waals surface area contributed by atoms with Gasteiger partial charge in [0.05, 0.1) is 12.1 Å². The number of ether oxygens (including phenoxy) is 1. The number of hydrogen-bond donors (Lipinski definition) is 3. The Morgan fingerprint density at radius 3 is 2.44 bits per heavy atom. The van der Waals surface area contributed by atoms with Crippen LogP contribution in [0, 0.1) is 5.92 Å². The maximum Gasteiger partial charge on any atom is 0.225 e. The third-order valence-corrected chi connectivity index (χ3v) is 8.99. The van der Waals surface area contributed by atoms with Crippen LogP contribution in [0.3, 0.4) is 0 Å². The van der Waals surface area contributed by atoms with Gasteiger partial charge >= 0.3 is 0 Å². The van der Waals surface area contributed by atoms with Crippen molar-refractivity contribution < 1.29 is 9.53 Å². The Hall–Kier alpha value is -4.43. The van der Waals surface area contributed by atoms with Crippen molar-refractivity contribution in [2.45, 2.75) is 51.0 Å². The second-order valence-corrected chi connectivity index (χ2v) is 12.4. The molecule has 1 aliphatic rings. The number of para-hydroxylation sites is 2. The molecule has 1 atom stereocenters. The van der Waals surface area contributed by atoms with Gasteiger partial charge in [0.15, 0.2) is 5.78 Å². The fourth-order valence-corrected chi connectivity index (χ4v) is 6.59. The van der Waals surface area contributed by atoms with Crippen molar-refractivity contribution >= 4 is 39.4 Å². The lowest BCUT2D eigenvalue weighted by Gasteiger charge is -2.30. The van der Waals surface area contributed by atoms with Crippen molar-refractivity contribution in [3.8, 4) is 5.75 Å². The summed E-state index contributed by atoms with van der Waals surface area (Å²) in [4.78, 5) is 28.5. The molecule has 0 radical (unpaired) electrons. The molecule has 1 saturated carbocycles. The van der Waals surface area contributed by atoms with E-state index in [1.165, 1.54) is 10.9 Å². The highest BCUT2D eigenvalue weighted by Crippen LogP contribution is 2.31. The molecule has 0 aliphatic heterocycles. The van der Waals surface area contributed by atoms with Gasteiger partial charge in [0.2, 0.25) is 5.95 Å². The number of anilines is 2. The number of aromatic nitrogens is 3. The molecule has 8 nitrogen and oxygen atoms in total. The molecule has 5 aromatic rings. The third-order valence-electron chi connectivity index (χ3n) is 8.99. The summed E-state index contributed by atoms with van der Waals surface area (Å²) in [6.45, 7) is 4.26. The van der Waals surface area contributed by atoms with E-state index in [9.17, 15) is 4.79 Å². The summed E-state index contributed by atoms with van der Waals surface area (Å²) < 4.78 is 5.57. The van der Waals surface area contributed by atoms with E-state index in [4.69, 9.17) is 14.7 Å². The monoisotopic (exact) mass is 604 g/mol. The zero-order valence-corrected chi connectivity index (χ0v) is 26.6. The van der Waals surface area contributed by atoms with Gasteiger partial charge in [-0.15, -0.1) is 0 Å². The highest BCUT2D eigenvalue weighted by Gasteiger charge is 2.24. The van der Waals surface area contributed by atoms with E-state index < -0.39 is 0 Å². The summed E-state index contributed by atoms with van der Waals surface area (Å²) in [7, 11) is 4.05. The Balaban J connectivity index is 1.06. The van der Waals surface area contributed by atoms with Gasteiger partial charge in [0.1, 0.15) is 11.6 Å². The number of rotatable bonds is 13. The lowest BCUT2D eigenvalue weighted by atomic mass is 9.85. The Bertz CT molecular complexity index is 1720. The van der Waals surface area contributed by atoms with E-state index in [0.29, 0.717) is 30.9 Å². The molecular formula is C37H44N6O2. The standard InChI is InChI=1S/C37H44N6O2/c1-4-45-29-19-15-26(16-20-29)35(44)21-27(32-24-39-33-11-7-5-9-30(32)33)23-38-22-25-13-17-28(18-14-25)40-37-41-34-12-8-6-10-31(34)36(42-37)43(2)3/h5-12,15-16,19-20,24-25,27-28,38-39H,4,13-14,17-18,21-23H2,1-3H3,(H,40,41,42)/t25-,27?,28+. The fraction of sp³-hybridized carbons (Fsp3) is 0.378. The maximum absolute atomic E-state index is 13.4. The second-order valence-electron chi connectivity index (χ2n) is 12.4. The largest absolute Gasteiger partial charge is 0.494 e. The van der Waals surface area contributed by atoms with E-state index in [2.05, 4.69) is 46.1 Å². The first kappa shape index (κ1) is 30.6. The fourth-order valence-electron chi connectivity index (χ4n) is 6.59. The average Bonchev–Trinajstić information content (AvgIpc) is 3.49. The van der Waals surface area contributed by atoms with Gasteiger partial charge in [0, 0.05) is 67.1 Å². The molecular weight excluding hydrogens is 560 g/mol. The average molecular weight is 605 g/mol. The van der Waals surface area contributed by atoms with Crippen molar-refractivity contribution in [2.75, 3.05) is 44.0 Å². The minimum atomic E-state index is 0.0640. The Morgan fingerprint density at radius 2 is 1.69 bits per heavy atom. The Morgan fingerprint density at radius 1 is 0.956 bits per heavy atom. The lowest BCUT2D eigenvalue weighted by Crippen LogP contribution is -2.33. The summed E-state index contributed by atoms with van der Waals surface area (Å²) in [5, 5.41) is 9.64. The number of aromatic amines is 1. The van der Waals surface area contributed by atoms with E-state index in [1.807, 2.05) is 74.4 Å². The van der Waals surface area contributed by atoms with Crippen molar-refractivity contribution in [3.63, 3.8) is 0 Å². The van der Waals surface area contributed by atoms with Crippen LogP contribution in [0.15, 0.2) is 79.0 Å². The topological polar surface area (TPSA) is 95.2 Å². The van der Waals surface area contributed by atoms with Gasteiger partial charge in [-0.2, -0.15) is 4.98 Å². The maximum atomic E-state index is 13.4. The van der Waals surface area contributed by atoms with Crippen LogP contribution in [-0.4, -0.2) is 60.6 Å². The molecule has 8 heteroatoms. The molecule has 1 fully saturated rings. The molecule has 1 aliphatic carbocycles. The summed E-state index contributed by atoms with van der Waals surface area (Å²) >= 11 is 0. The van der Waals surface area contributed by atoms with Crippen LogP contribution in [0.2, 0.25) is 0 Å². The van der Waals surface area contributed by atoms with Gasteiger partial charge in [0.25, 0.3) is 0 Å². The zero-order valence-electron chi connectivity index (χ0n) is 26.6. The van der Waals surface area contributed by atoms with Gasteiger partial charge in [-0.05, 0) is 93.1 Å². The number of carbonyl (C=O) groups is 1. The number of nitrogens with one attached hydrogen (secondary N) is 3. The van der Waals surface area contributed by atoms with Crippen LogP contribution in [-0.2, 0) is 0 Å². The van der Waals surface area contributed by atoms with Crippen LogP contribution in [0.5, 0.6) is 5.75 Å². The van der Waals surface area contributed by atoms with Gasteiger partial charge in [-0.25, -0.2) is 4.98 Å².